The quantitative estimate of drug-likeness (QED) is 0.396. The lowest BCUT2D eigenvalue weighted by atomic mass is 9.82. The first-order valence-corrected chi connectivity index (χ1v) is 5.72. The zero-order valence-corrected chi connectivity index (χ0v) is 10.8. The Hall–Kier alpha value is -0.610. The summed E-state index contributed by atoms with van der Waals surface area (Å²) in [6.45, 7) is 6.63. The van der Waals surface area contributed by atoms with E-state index in [0.29, 0.717) is 6.61 Å². The average Bonchev–Trinajstić information content (AvgIpc) is 2.86. The van der Waals surface area contributed by atoms with E-state index in [1.807, 2.05) is 20.8 Å². The van der Waals surface area contributed by atoms with Crippen molar-refractivity contribution >= 4 is 5.97 Å². The van der Waals surface area contributed by atoms with Gasteiger partial charge in [0.05, 0.1) is 7.11 Å². The van der Waals surface area contributed by atoms with Crippen LogP contribution >= 0.6 is 0 Å². The standard InChI is InChI=1S/C12H22O4/c1-9(2)12(10(13)15-5)11(3,16-12)7-6-8-14-4/h9H,6-8H2,1-5H3. The van der Waals surface area contributed by atoms with Crippen LogP contribution in [0.4, 0.5) is 0 Å². The second-order valence-electron chi connectivity index (χ2n) is 4.81. The Morgan fingerprint density at radius 2 is 2.00 bits per heavy atom. The molecule has 1 heterocycles. The minimum Gasteiger partial charge on any atom is -0.467 e. The van der Waals surface area contributed by atoms with Gasteiger partial charge in [-0.05, 0) is 25.7 Å². The Bertz CT molecular complexity index is 264. The van der Waals surface area contributed by atoms with E-state index in [1.54, 1.807) is 7.11 Å². The molecule has 4 nitrogen and oxygen atoms in total. The molecule has 0 aromatic rings. The number of rotatable bonds is 6. The van der Waals surface area contributed by atoms with E-state index in [1.165, 1.54) is 7.11 Å². The third-order valence-electron chi connectivity index (χ3n) is 3.43. The van der Waals surface area contributed by atoms with Gasteiger partial charge in [0, 0.05) is 13.7 Å². The normalized spacial score (nSPS) is 32.9. The molecule has 0 saturated carbocycles. The number of ether oxygens (including phenoxy) is 3. The second kappa shape index (κ2) is 4.72. The van der Waals surface area contributed by atoms with E-state index in [2.05, 4.69) is 0 Å². The lowest BCUT2D eigenvalue weighted by Gasteiger charge is -2.18. The van der Waals surface area contributed by atoms with Gasteiger partial charge in [-0.3, -0.25) is 0 Å². The Labute approximate surface area is 97.2 Å². The number of esters is 1. The van der Waals surface area contributed by atoms with Gasteiger partial charge in [-0.25, -0.2) is 4.79 Å². The summed E-state index contributed by atoms with van der Waals surface area (Å²) in [6.07, 6.45) is 1.70. The first-order chi connectivity index (χ1) is 7.44. The zero-order valence-electron chi connectivity index (χ0n) is 10.8. The topological polar surface area (TPSA) is 48.1 Å². The molecule has 16 heavy (non-hydrogen) atoms. The highest BCUT2D eigenvalue weighted by Crippen LogP contribution is 2.56. The lowest BCUT2D eigenvalue weighted by molar-refractivity contribution is -0.148. The predicted octanol–water partition coefficient (Wildman–Crippen LogP) is 1.77. The van der Waals surface area contributed by atoms with Crippen molar-refractivity contribution < 1.29 is 19.0 Å². The summed E-state index contributed by atoms with van der Waals surface area (Å²) in [7, 11) is 3.08. The summed E-state index contributed by atoms with van der Waals surface area (Å²) in [6, 6.07) is 0. The monoisotopic (exact) mass is 230 g/mol. The zero-order chi connectivity index (χ0) is 12.4. The summed E-state index contributed by atoms with van der Waals surface area (Å²) in [4.78, 5) is 11.8. The highest BCUT2D eigenvalue weighted by molar-refractivity contribution is 5.85. The summed E-state index contributed by atoms with van der Waals surface area (Å²) >= 11 is 0. The Morgan fingerprint density at radius 3 is 2.44 bits per heavy atom. The van der Waals surface area contributed by atoms with Gasteiger partial charge in [0.15, 0.2) is 5.60 Å². The highest BCUT2D eigenvalue weighted by Gasteiger charge is 2.73. The van der Waals surface area contributed by atoms with Crippen molar-refractivity contribution in [1.29, 1.82) is 0 Å². The Morgan fingerprint density at radius 1 is 1.38 bits per heavy atom. The molecule has 4 heteroatoms. The molecule has 1 aliphatic rings. The second-order valence-corrected chi connectivity index (χ2v) is 4.81. The molecule has 2 unspecified atom stereocenters. The number of hydrogen-bond donors (Lipinski definition) is 0. The minimum atomic E-state index is -0.754. The van der Waals surface area contributed by atoms with Crippen molar-refractivity contribution in [2.24, 2.45) is 5.92 Å². The molecule has 0 spiro atoms. The summed E-state index contributed by atoms with van der Waals surface area (Å²) in [5.41, 5.74) is -1.15. The molecule has 1 saturated heterocycles. The Balaban J connectivity index is 2.67. The molecule has 0 N–H and O–H groups in total. The number of carbonyl (C=O) groups is 1. The molecule has 0 bridgehead atoms. The van der Waals surface area contributed by atoms with Crippen LogP contribution in [-0.4, -0.2) is 38.0 Å². The summed E-state index contributed by atoms with van der Waals surface area (Å²) in [5, 5.41) is 0. The van der Waals surface area contributed by atoms with Crippen molar-refractivity contribution in [3.05, 3.63) is 0 Å². The molecular formula is C12H22O4. The molecule has 1 rings (SSSR count). The van der Waals surface area contributed by atoms with Crippen LogP contribution in [-0.2, 0) is 19.0 Å². The van der Waals surface area contributed by atoms with Crippen LogP contribution < -0.4 is 0 Å². The van der Waals surface area contributed by atoms with Crippen LogP contribution in [0.5, 0.6) is 0 Å². The number of methoxy groups -OCH3 is 2. The maximum atomic E-state index is 11.8. The lowest BCUT2D eigenvalue weighted by Crippen LogP contribution is -2.38. The third-order valence-corrected chi connectivity index (χ3v) is 3.43. The van der Waals surface area contributed by atoms with Crippen LogP contribution in [0.3, 0.4) is 0 Å². The smallest absolute Gasteiger partial charge is 0.341 e. The van der Waals surface area contributed by atoms with Gasteiger partial charge in [0.1, 0.15) is 5.60 Å². The van der Waals surface area contributed by atoms with Crippen LogP contribution in [0.15, 0.2) is 0 Å². The van der Waals surface area contributed by atoms with Crippen LogP contribution in [0.2, 0.25) is 0 Å². The van der Waals surface area contributed by atoms with E-state index >= 15 is 0 Å². The fourth-order valence-corrected chi connectivity index (χ4v) is 2.49. The number of epoxide rings is 1. The first-order valence-electron chi connectivity index (χ1n) is 5.72. The van der Waals surface area contributed by atoms with Gasteiger partial charge >= 0.3 is 5.97 Å². The van der Waals surface area contributed by atoms with Crippen molar-refractivity contribution in [2.45, 2.75) is 44.8 Å². The minimum absolute atomic E-state index is 0.118. The summed E-state index contributed by atoms with van der Waals surface area (Å²) in [5.74, 6) is -0.144. The number of hydrogen-bond acceptors (Lipinski definition) is 4. The van der Waals surface area contributed by atoms with Gasteiger partial charge < -0.3 is 14.2 Å². The van der Waals surface area contributed by atoms with Gasteiger partial charge in [0.2, 0.25) is 0 Å². The maximum absolute atomic E-state index is 11.8. The molecule has 1 aliphatic heterocycles. The largest absolute Gasteiger partial charge is 0.467 e. The molecule has 0 aromatic heterocycles. The highest BCUT2D eigenvalue weighted by atomic mass is 16.7. The van der Waals surface area contributed by atoms with Crippen molar-refractivity contribution in [3.63, 3.8) is 0 Å². The average molecular weight is 230 g/mol. The van der Waals surface area contributed by atoms with Crippen molar-refractivity contribution in [3.8, 4) is 0 Å². The maximum Gasteiger partial charge on any atom is 0.341 e. The van der Waals surface area contributed by atoms with E-state index in [4.69, 9.17) is 14.2 Å². The van der Waals surface area contributed by atoms with Crippen LogP contribution in [0.25, 0.3) is 0 Å². The van der Waals surface area contributed by atoms with Gasteiger partial charge in [-0.2, -0.15) is 0 Å². The van der Waals surface area contributed by atoms with Crippen LogP contribution in [0.1, 0.15) is 33.6 Å². The van der Waals surface area contributed by atoms with Crippen molar-refractivity contribution in [1.82, 2.24) is 0 Å². The predicted molar refractivity (Wildman–Crippen MR) is 60.2 cm³/mol. The molecule has 94 valence electrons. The molecular weight excluding hydrogens is 208 g/mol. The molecule has 2 atom stereocenters. The van der Waals surface area contributed by atoms with Crippen molar-refractivity contribution in [2.75, 3.05) is 20.8 Å². The number of carbonyl (C=O) groups excluding carboxylic acids is 1. The fraction of sp³-hybridized carbons (Fsp3) is 0.917. The van der Waals surface area contributed by atoms with Gasteiger partial charge in [0.25, 0.3) is 0 Å². The van der Waals surface area contributed by atoms with Gasteiger partial charge in [-0.15, -0.1) is 0 Å². The molecule has 0 radical (unpaired) electrons. The third kappa shape index (κ3) is 1.96. The molecule has 0 aliphatic carbocycles. The summed E-state index contributed by atoms with van der Waals surface area (Å²) < 4.78 is 15.6. The first kappa shape index (κ1) is 13.5. The SMILES string of the molecule is COCCCC1(C)OC1(C(=O)OC)C(C)C. The molecule has 0 aromatic carbocycles. The van der Waals surface area contributed by atoms with E-state index in [0.717, 1.165) is 12.8 Å². The van der Waals surface area contributed by atoms with E-state index < -0.39 is 11.2 Å². The fourth-order valence-electron chi connectivity index (χ4n) is 2.49. The Kier molecular flexibility index (Phi) is 3.97. The molecule has 0 amide bonds. The van der Waals surface area contributed by atoms with Gasteiger partial charge in [-0.1, -0.05) is 13.8 Å². The molecule has 1 fully saturated rings. The van der Waals surface area contributed by atoms with E-state index in [9.17, 15) is 4.79 Å². The van der Waals surface area contributed by atoms with Crippen LogP contribution in [0, 0.1) is 5.92 Å². The van der Waals surface area contributed by atoms with E-state index in [-0.39, 0.29) is 11.9 Å².